The van der Waals surface area contributed by atoms with Crippen LogP contribution in [0.5, 0.6) is 0 Å². The van der Waals surface area contributed by atoms with Crippen molar-refractivity contribution in [3.05, 3.63) is 29.3 Å². The minimum Gasteiger partial charge on any atom is -0.394 e. The highest BCUT2D eigenvalue weighted by atomic mass is 32.2. The highest BCUT2D eigenvalue weighted by molar-refractivity contribution is 7.83. The van der Waals surface area contributed by atoms with Crippen molar-refractivity contribution in [2.24, 2.45) is 0 Å². The molecule has 0 bridgehead atoms. The van der Waals surface area contributed by atoms with Gasteiger partial charge in [-0.1, -0.05) is 11.6 Å². The lowest BCUT2D eigenvalue weighted by molar-refractivity contribution is -0.139. The SMILES string of the molecule is Cc1ccc(S(=O)NC(C)(C)CO)c(C(F)(F)F)c1. The summed E-state index contributed by atoms with van der Waals surface area (Å²) in [6.07, 6.45) is -4.57. The lowest BCUT2D eigenvalue weighted by Crippen LogP contribution is -2.43. The van der Waals surface area contributed by atoms with E-state index in [9.17, 15) is 17.4 Å². The van der Waals surface area contributed by atoms with Crippen molar-refractivity contribution in [1.82, 2.24) is 4.72 Å². The van der Waals surface area contributed by atoms with Crippen LogP contribution in [0, 0.1) is 6.92 Å². The number of aliphatic hydroxyl groups is 1. The minimum atomic E-state index is -4.57. The first-order chi connectivity index (χ1) is 8.57. The summed E-state index contributed by atoms with van der Waals surface area (Å²) in [6.45, 7) is 4.29. The molecule has 1 atom stereocenters. The van der Waals surface area contributed by atoms with Crippen LogP contribution in [-0.2, 0) is 17.2 Å². The third kappa shape index (κ3) is 4.29. The van der Waals surface area contributed by atoms with Crippen LogP contribution in [-0.4, -0.2) is 21.5 Å². The minimum absolute atomic E-state index is 0.334. The second-order valence-corrected chi connectivity index (χ2v) is 6.09. The van der Waals surface area contributed by atoms with Crippen LogP contribution in [0.15, 0.2) is 23.1 Å². The van der Waals surface area contributed by atoms with Gasteiger partial charge in [0, 0.05) is 5.54 Å². The lowest BCUT2D eigenvalue weighted by Gasteiger charge is -2.23. The van der Waals surface area contributed by atoms with Gasteiger partial charge in [0.2, 0.25) is 0 Å². The Morgan fingerprint density at radius 1 is 1.32 bits per heavy atom. The maximum Gasteiger partial charge on any atom is 0.417 e. The summed E-state index contributed by atoms with van der Waals surface area (Å²) in [6, 6.07) is 3.62. The Morgan fingerprint density at radius 2 is 1.89 bits per heavy atom. The molecule has 0 radical (unpaired) electrons. The van der Waals surface area contributed by atoms with E-state index in [0.717, 1.165) is 6.07 Å². The number of rotatable bonds is 4. The van der Waals surface area contributed by atoms with Crippen molar-refractivity contribution in [1.29, 1.82) is 0 Å². The van der Waals surface area contributed by atoms with E-state index in [0.29, 0.717) is 5.56 Å². The fourth-order valence-corrected chi connectivity index (χ4v) is 2.61. The number of nitrogens with one attached hydrogen (secondary N) is 1. The number of hydrogen-bond donors (Lipinski definition) is 2. The van der Waals surface area contributed by atoms with Crippen molar-refractivity contribution in [3.8, 4) is 0 Å². The summed E-state index contributed by atoms with van der Waals surface area (Å²) in [5, 5.41) is 9.04. The average molecular weight is 295 g/mol. The van der Waals surface area contributed by atoms with Gasteiger partial charge in [-0.25, -0.2) is 8.93 Å². The molecule has 1 aromatic rings. The molecular weight excluding hydrogens is 279 g/mol. The predicted octanol–water partition coefficient (Wildman–Crippen LogP) is 2.40. The molecule has 0 aliphatic rings. The van der Waals surface area contributed by atoms with E-state index < -0.39 is 28.3 Å². The van der Waals surface area contributed by atoms with E-state index in [4.69, 9.17) is 5.11 Å². The van der Waals surface area contributed by atoms with Crippen LogP contribution in [0.3, 0.4) is 0 Å². The maximum absolute atomic E-state index is 12.9. The molecule has 0 saturated carbocycles. The predicted molar refractivity (Wildman–Crippen MR) is 66.9 cm³/mol. The van der Waals surface area contributed by atoms with Gasteiger partial charge < -0.3 is 5.11 Å². The van der Waals surface area contributed by atoms with Crippen LogP contribution in [0.1, 0.15) is 25.0 Å². The molecule has 7 heteroatoms. The molecule has 0 saturated heterocycles. The molecule has 0 heterocycles. The third-order valence-corrected chi connectivity index (χ3v) is 3.90. The molecule has 19 heavy (non-hydrogen) atoms. The normalized spacial score (nSPS) is 14.5. The van der Waals surface area contributed by atoms with Gasteiger partial charge in [0.1, 0.15) is 11.0 Å². The van der Waals surface area contributed by atoms with Crippen molar-refractivity contribution < 1.29 is 22.5 Å². The first-order valence-electron chi connectivity index (χ1n) is 5.55. The zero-order valence-electron chi connectivity index (χ0n) is 10.8. The van der Waals surface area contributed by atoms with E-state index in [1.165, 1.54) is 19.1 Å². The van der Waals surface area contributed by atoms with Crippen LogP contribution in [0.4, 0.5) is 13.2 Å². The maximum atomic E-state index is 12.9. The highest BCUT2D eigenvalue weighted by Crippen LogP contribution is 2.34. The molecule has 1 aromatic carbocycles. The third-order valence-electron chi connectivity index (χ3n) is 2.40. The topological polar surface area (TPSA) is 49.3 Å². The molecule has 108 valence electrons. The van der Waals surface area contributed by atoms with Gasteiger partial charge in [0.05, 0.1) is 17.1 Å². The summed E-state index contributed by atoms with van der Waals surface area (Å²) < 4.78 is 53.1. The summed E-state index contributed by atoms with van der Waals surface area (Å²) >= 11 is 0. The molecular formula is C12H16F3NO2S. The van der Waals surface area contributed by atoms with Crippen molar-refractivity contribution in [2.45, 2.75) is 37.4 Å². The molecule has 0 aromatic heterocycles. The van der Waals surface area contributed by atoms with Gasteiger partial charge in [0.15, 0.2) is 0 Å². The Bertz CT molecular complexity index is 486. The molecule has 1 rings (SSSR count). The Labute approximate surface area is 112 Å². The van der Waals surface area contributed by atoms with Crippen LogP contribution >= 0.6 is 0 Å². The number of hydrogen-bond acceptors (Lipinski definition) is 2. The molecule has 2 N–H and O–H groups in total. The number of halogens is 3. The Hall–Kier alpha value is -0.920. The number of alkyl halides is 3. The van der Waals surface area contributed by atoms with Gasteiger partial charge in [0.25, 0.3) is 0 Å². The summed E-state index contributed by atoms with van der Waals surface area (Å²) in [4.78, 5) is -0.334. The lowest BCUT2D eigenvalue weighted by atomic mass is 10.1. The fourth-order valence-electron chi connectivity index (χ4n) is 1.37. The smallest absolute Gasteiger partial charge is 0.394 e. The van der Waals surface area contributed by atoms with Crippen LogP contribution in [0.2, 0.25) is 0 Å². The van der Waals surface area contributed by atoms with Gasteiger partial charge in [-0.3, -0.25) is 0 Å². The quantitative estimate of drug-likeness (QED) is 0.896. The number of benzene rings is 1. The molecule has 0 spiro atoms. The van der Waals surface area contributed by atoms with Gasteiger partial charge >= 0.3 is 6.18 Å². The number of aryl methyl sites for hydroxylation is 1. The van der Waals surface area contributed by atoms with Crippen molar-refractivity contribution in [3.63, 3.8) is 0 Å². The van der Waals surface area contributed by atoms with Gasteiger partial charge in [-0.05, 0) is 32.9 Å². The van der Waals surface area contributed by atoms with Gasteiger partial charge in [-0.2, -0.15) is 13.2 Å². The molecule has 0 fully saturated rings. The molecule has 3 nitrogen and oxygen atoms in total. The zero-order valence-corrected chi connectivity index (χ0v) is 11.7. The van der Waals surface area contributed by atoms with Crippen molar-refractivity contribution in [2.75, 3.05) is 6.61 Å². The van der Waals surface area contributed by atoms with Crippen molar-refractivity contribution >= 4 is 11.0 Å². The standard InChI is InChI=1S/C12H16F3NO2S/c1-8-4-5-10(9(6-8)12(13,14)15)19(18)16-11(2,3)7-17/h4-6,16-17H,7H2,1-3H3. The monoisotopic (exact) mass is 295 g/mol. The fraction of sp³-hybridized carbons (Fsp3) is 0.500. The second kappa shape index (κ2) is 5.60. The van der Waals surface area contributed by atoms with E-state index in [1.807, 2.05) is 0 Å². The number of aliphatic hydroxyl groups excluding tert-OH is 1. The summed E-state index contributed by atoms with van der Waals surface area (Å²) in [5.74, 6) is 0. The van der Waals surface area contributed by atoms with Gasteiger partial charge in [-0.15, -0.1) is 0 Å². The Morgan fingerprint density at radius 3 is 2.37 bits per heavy atom. The molecule has 0 aliphatic heterocycles. The van der Waals surface area contributed by atoms with E-state index >= 15 is 0 Å². The second-order valence-electron chi connectivity index (χ2n) is 4.91. The molecule has 1 unspecified atom stereocenters. The summed E-state index contributed by atoms with van der Waals surface area (Å²) in [7, 11) is -2.05. The first-order valence-corrected chi connectivity index (χ1v) is 6.70. The molecule has 0 aliphatic carbocycles. The van der Waals surface area contributed by atoms with E-state index in [-0.39, 0.29) is 11.5 Å². The van der Waals surface area contributed by atoms with Crippen LogP contribution < -0.4 is 4.72 Å². The summed E-state index contributed by atoms with van der Waals surface area (Å²) in [5.41, 5.74) is -1.42. The Balaban J connectivity index is 3.17. The zero-order chi connectivity index (χ0) is 14.8. The molecule has 0 amide bonds. The van der Waals surface area contributed by atoms with E-state index in [2.05, 4.69) is 4.72 Å². The highest BCUT2D eigenvalue weighted by Gasteiger charge is 2.35. The van der Waals surface area contributed by atoms with Crippen LogP contribution in [0.25, 0.3) is 0 Å². The average Bonchev–Trinajstić information content (AvgIpc) is 2.27. The first kappa shape index (κ1) is 16.1. The van der Waals surface area contributed by atoms with E-state index in [1.54, 1.807) is 13.8 Å². The largest absolute Gasteiger partial charge is 0.417 e. The Kier molecular flexibility index (Phi) is 4.76.